The quantitative estimate of drug-likeness (QED) is 0.676. The van der Waals surface area contributed by atoms with Gasteiger partial charge in [-0.25, -0.2) is 12.7 Å². The van der Waals surface area contributed by atoms with E-state index in [-0.39, 0.29) is 0 Å². The minimum absolute atomic E-state index is 0.472. The van der Waals surface area contributed by atoms with Crippen LogP contribution in [0.4, 0.5) is 0 Å². The molecule has 0 aromatic heterocycles. The van der Waals surface area contributed by atoms with Crippen LogP contribution in [0.15, 0.2) is 0 Å². The van der Waals surface area contributed by atoms with Crippen molar-refractivity contribution < 1.29 is 8.42 Å². The van der Waals surface area contributed by atoms with Gasteiger partial charge in [-0.1, -0.05) is 6.92 Å². The van der Waals surface area contributed by atoms with Gasteiger partial charge in [0, 0.05) is 32.7 Å². The Labute approximate surface area is 112 Å². The normalized spacial score (nSPS) is 22.6. The van der Waals surface area contributed by atoms with Crippen LogP contribution in [0, 0.1) is 5.92 Å². The second-order valence-corrected chi connectivity index (χ2v) is 7.23. The van der Waals surface area contributed by atoms with Crippen LogP contribution in [0.25, 0.3) is 0 Å². The average molecular weight is 277 g/mol. The summed E-state index contributed by atoms with van der Waals surface area (Å²) in [5, 5.41) is 3.30. The van der Waals surface area contributed by atoms with E-state index in [1.807, 2.05) is 0 Å². The molecule has 0 aliphatic carbocycles. The summed E-state index contributed by atoms with van der Waals surface area (Å²) in [5.74, 6) is 0.472. The molecule has 18 heavy (non-hydrogen) atoms. The molecule has 0 aromatic carbocycles. The first-order valence-corrected chi connectivity index (χ1v) is 8.62. The maximum absolute atomic E-state index is 11.5. The highest BCUT2D eigenvalue weighted by molar-refractivity contribution is 7.88. The summed E-state index contributed by atoms with van der Waals surface area (Å²) < 4.78 is 24.7. The Morgan fingerprint density at radius 1 is 1.44 bits per heavy atom. The molecule has 1 heterocycles. The lowest BCUT2D eigenvalue weighted by molar-refractivity contribution is 0.201. The number of sulfonamides is 1. The van der Waals surface area contributed by atoms with Gasteiger partial charge in [-0.15, -0.1) is 0 Å². The maximum Gasteiger partial charge on any atom is 0.211 e. The lowest BCUT2D eigenvalue weighted by atomic mass is 9.99. The maximum atomic E-state index is 11.5. The van der Waals surface area contributed by atoms with E-state index in [1.54, 1.807) is 4.31 Å². The summed E-state index contributed by atoms with van der Waals surface area (Å²) in [7, 11) is -0.905. The molecule has 0 radical (unpaired) electrons. The Morgan fingerprint density at radius 3 is 2.78 bits per heavy atom. The van der Waals surface area contributed by atoms with E-state index in [0.29, 0.717) is 19.0 Å². The van der Waals surface area contributed by atoms with Crippen molar-refractivity contribution in [1.82, 2.24) is 14.5 Å². The van der Waals surface area contributed by atoms with Crippen LogP contribution in [0.1, 0.15) is 19.8 Å². The molecule has 1 aliphatic rings. The van der Waals surface area contributed by atoms with Gasteiger partial charge in [0.1, 0.15) is 0 Å². The van der Waals surface area contributed by atoms with Crippen LogP contribution in [0.5, 0.6) is 0 Å². The van der Waals surface area contributed by atoms with Crippen molar-refractivity contribution >= 4 is 10.0 Å². The highest BCUT2D eigenvalue weighted by atomic mass is 32.2. The zero-order valence-corrected chi connectivity index (χ0v) is 12.7. The first-order valence-electron chi connectivity index (χ1n) is 6.78. The Kier molecular flexibility index (Phi) is 6.55. The van der Waals surface area contributed by atoms with Crippen LogP contribution in [-0.2, 0) is 10.0 Å². The lowest BCUT2D eigenvalue weighted by Crippen LogP contribution is -2.43. The molecule has 0 amide bonds. The van der Waals surface area contributed by atoms with Crippen LogP contribution in [0.3, 0.4) is 0 Å². The first-order chi connectivity index (χ1) is 8.43. The Hall–Kier alpha value is -0.170. The molecule has 1 aliphatic heterocycles. The van der Waals surface area contributed by atoms with Crippen molar-refractivity contribution in [2.45, 2.75) is 19.8 Å². The summed E-state index contributed by atoms with van der Waals surface area (Å²) in [6.45, 7) is 7.47. The molecule has 1 unspecified atom stereocenters. The fraction of sp³-hybridized carbons (Fsp3) is 1.00. The molecule has 0 bridgehead atoms. The second kappa shape index (κ2) is 7.43. The largest absolute Gasteiger partial charge is 0.316 e. The van der Waals surface area contributed by atoms with Gasteiger partial charge in [-0.3, -0.25) is 0 Å². The molecule has 1 rings (SSSR count). The smallest absolute Gasteiger partial charge is 0.211 e. The van der Waals surface area contributed by atoms with E-state index in [9.17, 15) is 8.42 Å². The highest BCUT2D eigenvalue weighted by Gasteiger charge is 2.26. The van der Waals surface area contributed by atoms with Gasteiger partial charge in [0.25, 0.3) is 0 Å². The SMILES string of the molecule is CCNCCN(C)CC1CCCN(S(C)(=O)=O)C1. The van der Waals surface area contributed by atoms with Crippen LogP contribution >= 0.6 is 0 Å². The van der Waals surface area contributed by atoms with E-state index in [0.717, 1.165) is 39.0 Å². The molecule has 1 atom stereocenters. The van der Waals surface area contributed by atoms with Gasteiger partial charge in [-0.05, 0) is 32.4 Å². The fourth-order valence-electron chi connectivity index (χ4n) is 2.46. The third-order valence-electron chi connectivity index (χ3n) is 3.44. The minimum Gasteiger partial charge on any atom is -0.316 e. The standard InChI is InChI=1S/C12H27N3O2S/c1-4-13-7-9-14(2)10-12-6-5-8-15(11-12)18(3,16)17/h12-13H,4-11H2,1-3H3. The molecule has 1 saturated heterocycles. The third-order valence-corrected chi connectivity index (χ3v) is 4.71. The average Bonchev–Trinajstić information content (AvgIpc) is 2.28. The van der Waals surface area contributed by atoms with E-state index < -0.39 is 10.0 Å². The number of hydrogen-bond acceptors (Lipinski definition) is 4. The predicted molar refractivity (Wildman–Crippen MR) is 75.2 cm³/mol. The predicted octanol–water partition coefficient (Wildman–Crippen LogP) is 0.199. The summed E-state index contributed by atoms with van der Waals surface area (Å²) in [4.78, 5) is 2.29. The molecule has 1 fully saturated rings. The van der Waals surface area contributed by atoms with Gasteiger partial charge in [0.15, 0.2) is 0 Å². The number of rotatable bonds is 7. The van der Waals surface area contributed by atoms with Crippen LogP contribution < -0.4 is 5.32 Å². The zero-order chi connectivity index (χ0) is 13.6. The van der Waals surface area contributed by atoms with Crippen molar-refractivity contribution in [2.24, 2.45) is 5.92 Å². The number of likely N-dealkylation sites (N-methyl/N-ethyl adjacent to an activating group) is 2. The Balaban J connectivity index is 2.33. The van der Waals surface area contributed by atoms with Crippen LogP contribution in [-0.4, -0.2) is 70.2 Å². The van der Waals surface area contributed by atoms with Gasteiger partial charge in [0.2, 0.25) is 10.0 Å². The fourth-order valence-corrected chi connectivity index (χ4v) is 3.40. The molecular weight excluding hydrogens is 250 g/mol. The molecule has 0 saturated carbocycles. The molecule has 0 spiro atoms. The topological polar surface area (TPSA) is 52.6 Å². The van der Waals surface area contributed by atoms with Crippen LogP contribution in [0.2, 0.25) is 0 Å². The first kappa shape index (κ1) is 15.9. The summed E-state index contributed by atoms with van der Waals surface area (Å²) in [5.41, 5.74) is 0. The van der Waals surface area contributed by atoms with E-state index in [2.05, 4.69) is 24.2 Å². The lowest BCUT2D eigenvalue weighted by Gasteiger charge is -2.33. The Bertz CT molecular complexity index is 332. The molecule has 6 heteroatoms. The number of piperidine rings is 1. The van der Waals surface area contributed by atoms with E-state index in [1.165, 1.54) is 6.26 Å². The van der Waals surface area contributed by atoms with Gasteiger partial charge >= 0.3 is 0 Å². The molecule has 0 aromatic rings. The van der Waals surface area contributed by atoms with Crippen molar-refractivity contribution in [3.8, 4) is 0 Å². The Morgan fingerprint density at radius 2 is 2.17 bits per heavy atom. The minimum atomic E-state index is -3.01. The van der Waals surface area contributed by atoms with Crippen molar-refractivity contribution in [1.29, 1.82) is 0 Å². The van der Waals surface area contributed by atoms with Gasteiger partial charge < -0.3 is 10.2 Å². The number of nitrogens with one attached hydrogen (secondary N) is 1. The van der Waals surface area contributed by atoms with Gasteiger partial charge in [0.05, 0.1) is 6.26 Å². The van der Waals surface area contributed by atoms with Crippen molar-refractivity contribution in [3.63, 3.8) is 0 Å². The molecule has 108 valence electrons. The molecule has 5 nitrogen and oxygen atoms in total. The molecular formula is C12H27N3O2S. The second-order valence-electron chi connectivity index (χ2n) is 5.25. The number of nitrogens with zero attached hydrogens (tertiary/aromatic N) is 2. The summed E-state index contributed by atoms with van der Waals surface area (Å²) in [6.07, 6.45) is 3.43. The van der Waals surface area contributed by atoms with Gasteiger partial charge in [-0.2, -0.15) is 0 Å². The summed E-state index contributed by atoms with van der Waals surface area (Å²) in [6, 6.07) is 0. The third kappa shape index (κ3) is 5.65. The van der Waals surface area contributed by atoms with Crippen molar-refractivity contribution in [3.05, 3.63) is 0 Å². The number of hydrogen-bond donors (Lipinski definition) is 1. The van der Waals surface area contributed by atoms with E-state index in [4.69, 9.17) is 0 Å². The molecule has 1 N–H and O–H groups in total. The van der Waals surface area contributed by atoms with Crippen molar-refractivity contribution in [2.75, 3.05) is 52.6 Å². The van der Waals surface area contributed by atoms with E-state index >= 15 is 0 Å². The monoisotopic (exact) mass is 277 g/mol. The zero-order valence-electron chi connectivity index (χ0n) is 11.9. The summed E-state index contributed by atoms with van der Waals surface area (Å²) >= 11 is 0. The highest BCUT2D eigenvalue weighted by Crippen LogP contribution is 2.19.